The Morgan fingerprint density at radius 2 is 2.25 bits per heavy atom. The van der Waals surface area contributed by atoms with Crippen molar-refractivity contribution in [1.29, 1.82) is 0 Å². The Labute approximate surface area is 106 Å². The minimum Gasteiger partial charge on any atom is -0.351 e. The van der Waals surface area contributed by atoms with Crippen LogP contribution in [-0.2, 0) is 11.3 Å². The van der Waals surface area contributed by atoms with E-state index in [1.807, 2.05) is 17.4 Å². The molecule has 1 heterocycles. The first-order chi connectivity index (χ1) is 7.49. The van der Waals surface area contributed by atoms with E-state index in [0.717, 1.165) is 8.66 Å². The number of thiophene rings is 1. The van der Waals surface area contributed by atoms with Crippen molar-refractivity contribution in [3.05, 3.63) is 20.8 Å². The third kappa shape index (κ3) is 4.30. The smallest absolute Gasteiger partial charge is 0.318 e. The van der Waals surface area contributed by atoms with Gasteiger partial charge >= 0.3 is 6.03 Å². The molecule has 88 valence electrons. The Morgan fingerprint density at radius 1 is 1.56 bits per heavy atom. The maximum atomic E-state index is 11.3. The van der Waals surface area contributed by atoms with Crippen LogP contribution in [0.1, 0.15) is 11.8 Å². The van der Waals surface area contributed by atoms with Gasteiger partial charge in [0, 0.05) is 11.4 Å². The van der Waals surface area contributed by atoms with Gasteiger partial charge in [-0.1, -0.05) is 0 Å². The lowest BCUT2D eigenvalue weighted by atomic mass is 10.3. The van der Waals surface area contributed by atoms with Crippen LogP contribution in [0.3, 0.4) is 0 Å². The van der Waals surface area contributed by atoms with Crippen LogP contribution in [0, 0.1) is 0 Å². The molecule has 3 amide bonds. The summed E-state index contributed by atoms with van der Waals surface area (Å²) in [7, 11) is 0. The van der Waals surface area contributed by atoms with Crippen LogP contribution in [0.5, 0.6) is 0 Å². The van der Waals surface area contributed by atoms with Crippen LogP contribution in [0.2, 0.25) is 0 Å². The van der Waals surface area contributed by atoms with Gasteiger partial charge in [0.2, 0.25) is 5.91 Å². The molecule has 0 aliphatic carbocycles. The van der Waals surface area contributed by atoms with E-state index in [2.05, 4.69) is 21.2 Å². The molecule has 0 spiro atoms. The first-order valence-electron chi connectivity index (χ1n) is 4.57. The number of halogens is 1. The Kier molecular flexibility index (Phi) is 4.91. The van der Waals surface area contributed by atoms with Crippen LogP contribution < -0.4 is 16.4 Å². The second-order valence-corrected chi connectivity index (χ2v) is 5.71. The van der Waals surface area contributed by atoms with Crippen molar-refractivity contribution >= 4 is 39.2 Å². The molecule has 0 aromatic carbocycles. The molecule has 1 aromatic rings. The molecule has 0 radical (unpaired) electrons. The molecule has 5 nitrogen and oxygen atoms in total. The number of urea groups is 1. The standard InChI is InChI=1S/C9H12BrN3O2S/c1-5(8(14)13-9(11)15)12-4-6-2-3-7(10)16-6/h2-3,5,12H,4H2,1H3,(H3,11,13,14,15). The van der Waals surface area contributed by atoms with Crippen molar-refractivity contribution in [1.82, 2.24) is 10.6 Å². The fraction of sp³-hybridized carbons (Fsp3) is 0.333. The number of carbonyl (C=O) groups is 2. The highest BCUT2D eigenvalue weighted by Crippen LogP contribution is 2.21. The first kappa shape index (κ1) is 13.1. The zero-order chi connectivity index (χ0) is 12.1. The van der Waals surface area contributed by atoms with E-state index in [0.29, 0.717) is 6.54 Å². The molecule has 1 unspecified atom stereocenters. The molecule has 7 heteroatoms. The van der Waals surface area contributed by atoms with Crippen molar-refractivity contribution < 1.29 is 9.59 Å². The summed E-state index contributed by atoms with van der Waals surface area (Å²) in [4.78, 5) is 22.9. The van der Waals surface area contributed by atoms with Crippen molar-refractivity contribution in [3.63, 3.8) is 0 Å². The van der Waals surface area contributed by atoms with Gasteiger partial charge in [0.05, 0.1) is 9.83 Å². The quantitative estimate of drug-likeness (QED) is 0.781. The van der Waals surface area contributed by atoms with E-state index < -0.39 is 18.0 Å². The number of hydrogen-bond donors (Lipinski definition) is 3. The number of nitrogens with two attached hydrogens (primary N) is 1. The van der Waals surface area contributed by atoms with E-state index in [4.69, 9.17) is 5.73 Å². The minimum atomic E-state index is -0.836. The largest absolute Gasteiger partial charge is 0.351 e. The molecule has 1 atom stereocenters. The van der Waals surface area contributed by atoms with Crippen molar-refractivity contribution in [3.8, 4) is 0 Å². The molecular formula is C9H12BrN3O2S. The number of imide groups is 1. The topological polar surface area (TPSA) is 84.2 Å². The lowest BCUT2D eigenvalue weighted by Crippen LogP contribution is -2.46. The van der Waals surface area contributed by atoms with Gasteiger partial charge in [-0.15, -0.1) is 11.3 Å². The highest BCUT2D eigenvalue weighted by molar-refractivity contribution is 9.11. The lowest BCUT2D eigenvalue weighted by molar-refractivity contribution is -0.121. The maximum Gasteiger partial charge on any atom is 0.318 e. The minimum absolute atomic E-state index is 0.428. The number of nitrogens with one attached hydrogen (secondary N) is 2. The zero-order valence-electron chi connectivity index (χ0n) is 8.62. The molecule has 0 aliphatic rings. The number of rotatable bonds is 4. The van der Waals surface area contributed by atoms with E-state index >= 15 is 0 Å². The van der Waals surface area contributed by atoms with Crippen LogP contribution >= 0.6 is 27.3 Å². The predicted molar refractivity (Wildman–Crippen MR) is 66.0 cm³/mol. The lowest BCUT2D eigenvalue weighted by Gasteiger charge is -2.11. The third-order valence-corrected chi connectivity index (χ3v) is 3.47. The highest BCUT2D eigenvalue weighted by atomic mass is 79.9. The van der Waals surface area contributed by atoms with Crippen molar-refractivity contribution in [2.45, 2.75) is 19.5 Å². The van der Waals surface area contributed by atoms with E-state index in [1.165, 1.54) is 0 Å². The van der Waals surface area contributed by atoms with Crippen LogP contribution in [-0.4, -0.2) is 18.0 Å². The molecule has 4 N–H and O–H groups in total. The SMILES string of the molecule is CC(NCc1ccc(Br)s1)C(=O)NC(N)=O. The summed E-state index contributed by atoms with van der Waals surface area (Å²) in [6.07, 6.45) is 0. The fourth-order valence-electron chi connectivity index (χ4n) is 1.02. The summed E-state index contributed by atoms with van der Waals surface area (Å²) >= 11 is 4.94. The average molecular weight is 306 g/mol. The Balaban J connectivity index is 2.37. The molecule has 0 saturated carbocycles. The molecule has 0 saturated heterocycles. The normalized spacial score (nSPS) is 12.1. The predicted octanol–water partition coefficient (Wildman–Crippen LogP) is 1.18. The number of carbonyl (C=O) groups excluding carboxylic acids is 2. The molecule has 16 heavy (non-hydrogen) atoms. The summed E-state index contributed by atoms with van der Waals surface area (Å²) in [6.45, 7) is 2.24. The summed E-state index contributed by atoms with van der Waals surface area (Å²) < 4.78 is 1.04. The van der Waals surface area contributed by atoms with Gasteiger partial charge in [0.15, 0.2) is 0 Å². The summed E-state index contributed by atoms with van der Waals surface area (Å²) in [5.41, 5.74) is 4.84. The van der Waals surface area contributed by atoms with Crippen LogP contribution in [0.25, 0.3) is 0 Å². The van der Waals surface area contributed by atoms with Gasteiger partial charge < -0.3 is 11.1 Å². The number of amides is 3. The number of primary amides is 1. The third-order valence-electron chi connectivity index (χ3n) is 1.85. The summed E-state index contributed by atoms with van der Waals surface area (Å²) in [5, 5.41) is 5.00. The monoisotopic (exact) mass is 305 g/mol. The molecule has 1 aromatic heterocycles. The Bertz CT molecular complexity index is 394. The van der Waals surface area contributed by atoms with Crippen LogP contribution in [0.15, 0.2) is 15.9 Å². The maximum absolute atomic E-state index is 11.3. The Hall–Kier alpha value is -0.920. The molecule has 1 rings (SSSR count). The fourth-order valence-corrected chi connectivity index (χ4v) is 2.46. The van der Waals surface area contributed by atoms with Gasteiger partial charge in [-0.2, -0.15) is 0 Å². The molecule has 0 aliphatic heterocycles. The van der Waals surface area contributed by atoms with Crippen molar-refractivity contribution in [2.24, 2.45) is 5.73 Å². The average Bonchev–Trinajstić information content (AvgIpc) is 2.59. The van der Waals surface area contributed by atoms with Gasteiger partial charge in [-0.05, 0) is 35.0 Å². The first-order valence-corrected chi connectivity index (χ1v) is 6.18. The molecular weight excluding hydrogens is 294 g/mol. The van der Waals surface area contributed by atoms with E-state index in [-0.39, 0.29) is 0 Å². The van der Waals surface area contributed by atoms with E-state index in [1.54, 1.807) is 18.3 Å². The molecule has 0 bridgehead atoms. The zero-order valence-corrected chi connectivity index (χ0v) is 11.0. The van der Waals surface area contributed by atoms with E-state index in [9.17, 15) is 9.59 Å². The summed E-state index contributed by atoms with van der Waals surface area (Å²) in [6, 6.07) is 2.60. The van der Waals surface area contributed by atoms with Gasteiger partial charge in [-0.25, -0.2) is 4.79 Å². The molecule has 0 fully saturated rings. The van der Waals surface area contributed by atoms with Crippen LogP contribution in [0.4, 0.5) is 4.79 Å². The summed E-state index contributed by atoms with van der Waals surface area (Å²) in [5.74, 6) is -0.428. The second-order valence-electron chi connectivity index (χ2n) is 3.16. The van der Waals surface area contributed by atoms with Gasteiger partial charge in [-0.3, -0.25) is 10.1 Å². The highest BCUT2D eigenvalue weighted by Gasteiger charge is 2.13. The number of hydrogen-bond acceptors (Lipinski definition) is 4. The van der Waals surface area contributed by atoms with Gasteiger partial charge in [0.1, 0.15) is 0 Å². The van der Waals surface area contributed by atoms with Crippen molar-refractivity contribution in [2.75, 3.05) is 0 Å². The second kappa shape index (κ2) is 5.97. The van der Waals surface area contributed by atoms with Gasteiger partial charge in [0.25, 0.3) is 0 Å². The Morgan fingerprint density at radius 3 is 2.75 bits per heavy atom.